The lowest BCUT2D eigenvalue weighted by Gasteiger charge is -2.21. The summed E-state index contributed by atoms with van der Waals surface area (Å²) in [5.74, 6) is -1.49. The number of nitrogens with one attached hydrogen (secondary N) is 1. The van der Waals surface area contributed by atoms with Crippen LogP contribution in [-0.4, -0.2) is 17.1 Å². The summed E-state index contributed by atoms with van der Waals surface area (Å²) < 4.78 is 13.2. The van der Waals surface area contributed by atoms with Gasteiger partial charge in [0.05, 0.1) is 5.56 Å². The lowest BCUT2D eigenvalue weighted by Crippen LogP contribution is -2.23. The van der Waals surface area contributed by atoms with Gasteiger partial charge in [0.2, 0.25) is 0 Å². The van der Waals surface area contributed by atoms with Gasteiger partial charge in [-0.3, -0.25) is 0 Å². The van der Waals surface area contributed by atoms with Gasteiger partial charge in [-0.05, 0) is 31.0 Å². The number of aromatic carboxylic acids is 1. The summed E-state index contributed by atoms with van der Waals surface area (Å²) in [5.41, 5.74) is 0.336. The molecule has 0 bridgehead atoms. The van der Waals surface area contributed by atoms with E-state index < -0.39 is 11.8 Å². The molecule has 1 rings (SSSR count). The van der Waals surface area contributed by atoms with Crippen LogP contribution in [0.25, 0.3) is 0 Å². The number of carboxylic acids is 1. The number of carbonyl (C=O) groups is 1. The van der Waals surface area contributed by atoms with Gasteiger partial charge in [-0.15, -0.1) is 0 Å². The van der Waals surface area contributed by atoms with Gasteiger partial charge in [0.1, 0.15) is 5.82 Å². The Morgan fingerprint density at radius 2 is 2.12 bits per heavy atom. The Morgan fingerprint density at radius 3 is 2.65 bits per heavy atom. The molecule has 0 aromatic heterocycles. The molecular weight excluding hydrogens is 221 g/mol. The fourth-order valence-corrected chi connectivity index (χ4v) is 1.54. The lowest BCUT2D eigenvalue weighted by molar-refractivity contribution is 0.0692. The molecule has 2 unspecified atom stereocenters. The van der Waals surface area contributed by atoms with Crippen molar-refractivity contribution in [3.05, 3.63) is 29.6 Å². The second-order valence-electron chi connectivity index (χ2n) is 4.32. The highest BCUT2D eigenvalue weighted by molar-refractivity contribution is 5.89. The van der Waals surface area contributed by atoms with Crippen LogP contribution in [0.15, 0.2) is 18.2 Å². The second kappa shape index (κ2) is 5.66. The van der Waals surface area contributed by atoms with Crippen LogP contribution in [0.3, 0.4) is 0 Å². The summed E-state index contributed by atoms with van der Waals surface area (Å²) in [6.07, 6.45) is 1.03. The van der Waals surface area contributed by atoms with Gasteiger partial charge >= 0.3 is 5.97 Å². The average Bonchev–Trinajstić information content (AvgIpc) is 2.30. The molecule has 2 N–H and O–H groups in total. The number of benzene rings is 1. The molecule has 0 spiro atoms. The minimum atomic E-state index is -1.25. The highest BCUT2D eigenvalue weighted by Crippen LogP contribution is 2.18. The van der Waals surface area contributed by atoms with Crippen molar-refractivity contribution in [3.8, 4) is 0 Å². The Kier molecular flexibility index (Phi) is 4.49. The van der Waals surface area contributed by atoms with E-state index in [4.69, 9.17) is 5.11 Å². The van der Waals surface area contributed by atoms with Crippen LogP contribution < -0.4 is 5.32 Å². The first-order valence-electron chi connectivity index (χ1n) is 5.75. The molecule has 17 heavy (non-hydrogen) atoms. The van der Waals surface area contributed by atoms with Crippen molar-refractivity contribution in [2.45, 2.75) is 33.2 Å². The molecule has 0 radical (unpaired) electrons. The molecule has 0 saturated carbocycles. The molecule has 0 amide bonds. The second-order valence-corrected chi connectivity index (χ2v) is 4.32. The first kappa shape index (κ1) is 13.5. The normalized spacial score (nSPS) is 14.1. The average molecular weight is 239 g/mol. The van der Waals surface area contributed by atoms with Crippen molar-refractivity contribution in [2.24, 2.45) is 5.92 Å². The van der Waals surface area contributed by atoms with E-state index in [1.54, 1.807) is 6.07 Å². The standard InChI is InChI=1S/C13H18FNO2/c1-4-8(2)9(3)15-10-5-6-12(14)11(7-10)13(16)17/h5-9,15H,4H2,1-3H3,(H,16,17). The first-order valence-corrected chi connectivity index (χ1v) is 5.75. The largest absolute Gasteiger partial charge is 0.478 e. The summed E-state index contributed by atoms with van der Waals surface area (Å²) in [5, 5.41) is 12.0. The van der Waals surface area contributed by atoms with Crippen LogP contribution in [0.1, 0.15) is 37.6 Å². The number of hydrogen-bond donors (Lipinski definition) is 2. The van der Waals surface area contributed by atoms with Crippen LogP contribution in [0.4, 0.5) is 10.1 Å². The molecule has 0 aliphatic rings. The summed E-state index contributed by atoms with van der Waals surface area (Å²) in [6, 6.07) is 4.28. The molecule has 1 aromatic carbocycles. The van der Waals surface area contributed by atoms with Gasteiger partial charge in [0, 0.05) is 11.7 Å². The first-order chi connectivity index (χ1) is 7.95. The molecule has 3 nitrogen and oxygen atoms in total. The van der Waals surface area contributed by atoms with Gasteiger partial charge in [-0.25, -0.2) is 9.18 Å². The fourth-order valence-electron chi connectivity index (χ4n) is 1.54. The smallest absolute Gasteiger partial charge is 0.338 e. The van der Waals surface area contributed by atoms with Crippen LogP contribution in [-0.2, 0) is 0 Å². The minimum absolute atomic E-state index is 0.215. The van der Waals surface area contributed by atoms with Gasteiger partial charge in [0.25, 0.3) is 0 Å². The number of anilines is 1. The zero-order valence-electron chi connectivity index (χ0n) is 10.3. The highest BCUT2D eigenvalue weighted by Gasteiger charge is 2.13. The zero-order chi connectivity index (χ0) is 13.0. The zero-order valence-corrected chi connectivity index (χ0v) is 10.3. The topological polar surface area (TPSA) is 49.3 Å². The van der Waals surface area contributed by atoms with E-state index >= 15 is 0 Å². The molecular formula is C13H18FNO2. The van der Waals surface area contributed by atoms with E-state index in [-0.39, 0.29) is 11.6 Å². The fraction of sp³-hybridized carbons (Fsp3) is 0.462. The Balaban J connectivity index is 2.86. The molecule has 0 aliphatic heterocycles. The highest BCUT2D eigenvalue weighted by atomic mass is 19.1. The lowest BCUT2D eigenvalue weighted by atomic mass is 10.0. The monoisotopic (exact) mass is 239 g/mol. The summed E-state index contributed by atoms with van der Waals surface area (Å²) in [7, 11) is 0. The number of hydrogen-bond acceptors (Lipinski definition) is 2. The van der Waals surface area contributed by atoms with Crippen molar-refractivity contribution in [2.75, 3.05) is 5.32 Å². The van der Waals surface area contributed by atoms with E-state index in [9.17, 15) is 9.18 Å². The number of halogens is 1. The van der Waals surface area contributed by atoms with Crippen LogP contribution >= 0.6 is 0 Å². The predicted molar refractivity (Wildman–Crippen MR) is 65.9 cm³/mol. The maximum absolute atomic E-state index is 13.2. The molecule has 1 aromatic rings. The van der Waals surface area contributed by atoms with Crippen molar-refractivity contribution in [1.29, 1.82) is 0 Å². The van der Waals surface area contributed by atoms with E-state index in [0.29, 0.717) is 11.6 Å². The van der Waals surface area contributed by atoms with Crippen molar-refractivity contribution in [3.63, 3.8) is 0 Å². The minimum Gasteiger partial charge on any atom is -0.478 e. The third-order valence-electron chi connectivity index (χ3n) is 3.09. The SMILES string of the molecule is CCC(C)C(C)Nc1ccc(F)c(C(=O)O)c1. The van der Waals surface area contributed by atoms with E-state index in [2.05, 4.69) is 19.2 Å². The van der Waals surface area contributed by atoms with Gasteiger partial charge in [-0.1, -0.05) is 20.3 Å². The number of rotatable bonds is 5. The number of carboxylic acid groups (broad SMARTS) is 1. The summed E-state index contributed by atoms with van der Waals surface area (Å²) >= 11 is 0. The van der Waals surface area contributed by atoms with Gasteiger partial charge in [-0.2, -0.15) is 0 Å². The maximum Gasteiger partial charge on any atom is 0.338 e. The van der Waals surface area contributed by atoms with Gasteiger partial charge in [0.15, 0.2) is 0 Å². The van der Waals surface area contributed by atoms with E-state index in [0.717, 1.165) is 6.42 Å². The van der Waals surface area contributed by atoms with Crippen LogP contribution in [0, 0.1) is 11.7 Å². The molecule has 2 atom stereocenters. The third-order valence-corrected chi connectivity index (χ3v) is 3.09. The molecule has 0 saturated heterocycles. The Bertz CT molecular complexity index is 406. The van der Waals surface area contributed by atoms with Crippen LogP contribution in [0.2, 0.25) is 0 Å². The quantitative estimate of drug-likeness (QED) is 0.828. The molecule has 0 fully saturated rings. The van der Waals surface area contributed by atoms with E-state index in [1.165, 1.54) is 12.1 Å². The Labute approximate surface area is 101 Å². The van der Waals surface area contributed by atoms with Crippen molar-refractivity contribution in [1.82, 2.24) is 0 Å². The third kappa shape index (κ3) is 3.44. The summed E-state index contributed by atoms with van der Waals surface area (Å²) in [6.45, 7) is 6.23. The molecule has 0 aliphatic carbocycles. The van der Waals surface area contributed by atoms with Crippen molar-refractivity contribution >= 4 is 11.7 Å². The van der Waals surface area contributed by atoms with Gasteiger partial charge < -0.3 is 10.4 Å². The Hall–Kier alpha value is -1.58. The predicted octanol–water partition coefficient (Wildman–Crippen LogP) is 3.37. The molecule has 94 valence electrons. The summed E-state index contributed by atoms with van der Waals surface area (Å²) in [4.78, 5) is 10.8. The Morgan fingerprint density at radius 1 is 1.47 bits per heavy atom. The van der Waals surface area contributed by atoms with Crippen LogP contribution in [0.5, 0.6) is 0 Å². The van der Waals surface area contributed by atoms with Crippen molar-refractivity contribution < 1.29 is 14.3 Å². The maximum atomic E-state index is 13.2. The molecule has 0 heterocycles. The molecule has 4 heteroatoms. The van der Waals surface area contributed by atoms with E-state index in [1.807, 2.05) is 6.92 Å².